The number of anilines is 1. The number of carbonyl (C=O) groups is 1. The van der Waals surface area contributed by atoms with Crippen LogP contribution < -0.4 is 9.64 Å². The number of para-hydroxylation sites is 2. The van der Waals surface area contributed by atoms with Crippen molar-refractivity contribution in [3.8, 4) is 5.75 Å². The van der Waals surface area contributed by atoms with Gasteiger partial charge in [-0.25, -0.2) is 0 Å². The van der Waals surface area contributed by atoms with Gasteiger partial charge >= 0.3 is 0 Å². The smallest absolute Gasteiger partial charge is 0.258 e. The van der Waals surface area contributed by atoms with Gasteiger partial charge in [-0.1, -0.05) is 67.1 Å². The van der Waals surface area contributed by atoms with E-state index < -0.39 is 0 Å². The van der Waals surface area contributed by atoms with Crippen LogP contribution in [0, 0.1) is 0 Å². The summed E-state index contributed by atoms with van der Waals surface area (Å²) in [6, 6.07) is 23.3. The summed E-state index contributed by atoms with van der Waals surface area (Å²) in [6.07, 6.45) is 2.85. The molecule has 1 amide bonds. The van der Waals surface area contributed by atoms with Gasteiger partial charge < -0.3 is 9.64 Å². The molecule has 4 heteroatoms. The fourth-order valence-electron chi connectivity index (χ4n) is 3.52. The summed E-state index contributed by atoms with van der Waals surface area (Å²) < 4.78 is 6.06. The quantitative estimate of drug-likeness (QED) is 0.457. The lowest BCUT2D eigenvalue weighted by Gasteiger charge is -2.15. The van der Waals surface area contributed by atoms with Crippen molar-refractivity contribution in [2.24, 2.45) is 0 Å². The van der Waals surface area contributed by atoms with Crippen molar-refractivity contribution in [2.45, 2.75) is 20.0 Å². The van der Waals surface area contributed by atoms with Crippen LogP contribution in [0.3, 0.4) is 0 Å². The van der Waals surface area contributed by atoms with Gasteiger partial charge in [-0.3, -0.25) is 4.79 Å². The first-order chi connectivity index (χ1) is 14.2. The monoisotopic (exact) mass is 403 g/mol. The zero-order valence-electron chi connectivity index (χ0n) is 16.3. The van der Waals surface area contributed by atoms with Gasteiger partial charge in [0.2, 0.25) is 0 Å². The molecule has 0 aliphatic carbocycles. The Morgan fingerprint density at radius 3 is 2.48 bits per heavy atom. The van der Waals surface area contributed by atoms with Crippen molar-refractivity contribution >= 4 is 34.8 Å². The Morgan fingerprint density at radius 1 is 0.966 bits per heavy atom. The molecule has 3 aromatic rings. The van der Waals surface area contributed by atoms with Crippen molar-refractivity contribution in [2.75, 3.05) is 11.4 Å². The number of hydrogen-bond donors (Lipinski definition) is 0. The second-order valence-electron chi connectivity index (χ2n) is 6.98. The third-order valence-electron chi connectivity index (χ3n) is 4.93. The van der Waals surface area contributed by atoms with Crippen LogP contribution in [0.25, 0.3) is 11.6 Å². The van der Waals surface area contributed by atoms with Crippen molar-refractivity contribution in [1.82, 2.24) is 0 Å². The average Bonchev–Trinajstić information content (AvgIpc) is 3.01. The van der Waals surface area contributed by atoms with Crippen molar-refractivity contribution in [3.05, 3.63) is 94.5 Å². The Hall–Kier alpha value is -3.04. The predicted octanol–water partition coefficient (Wildman–Crippen LogP) is 6.22. The maximum Gasteiger partial charge on any atom is 0.258 e. The van der Waals surface area contributed by atoms with E-state index in [2.05, 4.69) is 6.92 Å². The molecule has 3 nitrogen and oxygen atoms in total. The highest BCUT2D eigenvalue weighted by Crippen LogP contribution is 2.38. The second kappa shape index (κ2) is 8.54. The molecule has 4 rings (SSSR count). The highest BCUT2D eigenvalue weighted by molar-refractivity contribution is 6.35. The van der Waals surface area contributed by atoms with Crippen LogP contribution in [0.1, 0.15) is 30.0 Å². The topological polar surface area (TPSA) is 29.5 Å². The summed E-state index contributed by atoms with van der Waals surface area (Å²) in [7, 11) is 0. The van der Waals surface area contributed by atoms with Crippen LogP contribution in [0.4, 0.5) is 5.69 Å². The number of carbonyl (C=O) groups excluding carboxylic acids is 1. The first kappa shape index (κ1) is 19.3. The van der Waals surface area contributed by atoms with Crippen LogP contribution in [-0.4, -0.2) is 12.5 Å². The summed E-state index contributed by atoms with van der Waals surface area (Å²) >= 11 is 5.95. The van der Waals surface area contributed by atoms with Gasteiger partial charge in [0.1, 0.15) is 12.4 Å². The Bertz CT molecular complexity index is 1060. The minimum absolute atomic E-state index is 0.0422. The second-order valence-corrected chi connectivity index (χ2v) is 7.42. The van der Waals surface area contributed by atoms with Crippen LogP contribution in [-0.2, 0) is 11.4 Å². The molecule has 0 aromatic heterocycles. The van der Waals surface area contributed by atoms with Crippen molar-refractivity contribution in [3.63, 3.8) is 0 Å². The van der Waals surface area contributed by atoms with E-state index in [1.54, 1.807) is 0 Å². The molecule has 0 radical (unpaired) electrons. The molecule has 0 atom stereocenters. The van der Waals surface area contributed by atoms with Crippen LogP contribution in [0.15, 0.2) is 72.8 Å². The number of hydrogen-bond acceptors (Lipinski definition) is 2. The third-order valence-corrected chi connectivity index (χ3v) is 5.19. The Labute approximate surface area is 176 Å². The van der Waals surface area contributed by atoms with Gasteiger partial charge in [0.15, 0.2) is 0 Å². The molecule has 0 saturated carbocycles. The Morgan fingerprint density at radius 2 is 1.69 bits per heavy atom. The molecule has 1 aliphatic heterocycles. The van der Waals surface area contributed by atoms with Gasteiger partial charge in [-0.15, -0.1) is 0 Å². The Kier molecular flexibility index (Phi) is 5.68. The number of benzene rings is 3. The summed E-state index contributed by atoms with van der Waals surface area (Å²) in [5, 5.41) is 0.703. The number of halogens is 1. The van der Waals surface area contributed by atoms with E-state index in [0.29, 0.717) is 23.7 Å². The van der Waals surface area contributed by atoms with E-state index in [4.69, 9.17) is 16.3 Å². The van der Waals surface area contributed by atoms with Gasteiger partial charge in [-0.2, -0.15) is 0 Å². The van der Waals surface area contributed by atoms with Gasteiger partial charge in [-0.05, 0) is 42.3 Å². The van der Waals surface area contributed by atoms with E-state index in [1.165, 1.54) is 0 Å². The summed E-state index contributed by atoms with van der Waals surface area (Å²) in [5.41, 5.74) is 4.58. The van der Waals surface area contributed by atoms with Crippen molar-refractivity contribution in [1.29, 1.82) is 0 Å². The number of rotatable bonds is 6. The van der Waals surface area contributed by atoms with Gasteiger partial charge in [0.25, 0.3) is 5.91 Å². The van der Waals surface area contributed by atoms with Crippen LogP contribution in [0.2, 0.25) is 5.02 Å². The standard InChI is InChI=1S/C25H22ClNO2/c1-2-15-27-23-9-5-4-8-21(23)22(25(27)28)16-19-7-3-6-10-24(19)29-17-18-11-13-20(26)14-12-18/h3-14,16H,2,15,17H2,1H3/b22-16-. The minimum Gasteiger partial charge on any atom is -0.488 e. The van der Waals surface area contributed by atoms with Gasteiger partial charge in [0, 0.05) is 28.3 Å². The zero-order chi connectivity index (χ0) is 20.2. The highest BCUT2D eigenvalue weighted by Gasteiger charge is 2.31. The Balaban J connectivity index is 1.64. The van der Waals surface area contributed by atoms with Crippen LogP contribution in [0.5, 0.6) is 5.75 Å². The molecule has 0 bridgehead atoms. The molecule has 29 heavy (non-hydrogen) atoms. The van der Waals surface area contributed by atoms with E-state index >= 15 is 0 Å². The highest BCUT2D eigenvalue weighted by atomic mass is 35.5. The summed E-state index contributed by atoms with van der Waals surface area (Å²) in [5.74, 6) is 0.787. The summed E-state index contributed by atoms with van der Waals surface area (Å²) in [4.78, 5) is 14.9. The normalized spacial score (nSPS) is 14.3. The molecule has 0 fully saturated rings. The number of fused-ring (bicyclic) bond motifs is 1. The minimum atomic E-state index is 0.0422. The number of ether oxygens (including phenoxy) is 1. The first-order valence-electron chi connectivity index (χ1n) is 9.76. The van der Waals surface area contributed by atoms with Gasteiger partial charge in [0.05, 0.1) is 5.69 Å². The molecular formula is C25H22ClNO2. The molecule has 146 valence electrons. The molecule has 0 unspecified atom stereocenters. The first-order valence-corrected chi connectivity index (χ1v) is 10.1. The molecular weight excluding hydrogens is 382 g/mol. The van der Waals surface area contributed by atoms with Crippen LogP contribution >= 0.6 is 11.6 Å². The molecule has 1 aliphatic rings. The predicted molar refractivity (Wildman–Crippen MR) is 119 cm³/mol. The lowest BCUT2D eigenvalue weighted by atomic mass is 10.0. The van der Waals surface area contributed by atoms with E-state index in [0.717, 1.165) is 34.5 Å². The average molecular weight is 404 g/mol. The fraction of sp³-hybridized carbons (Fsp3) is 0.160. The van der Waals surface area contributed by atoms with E-state index in [1.807, 2.05) is 83.8 Å². The lowest BCUT2D eigenvalue weighted by Crippen LogP contribution is -2.26. The number of amides is 1. The third kappa shape index (κ3) is 4.06. The molecule has 0 saturated heterocycles. The number of nitrogens with zero attached hydrogens (tertiary/aromatic N) is 1. The lowest BCUT2D eigenvalue weighted by molar-refractivity contribution is -0.113. The molecule has 3 aromatic carbocycles. The maximum absolute atomic E-state index is 13.1. The SMILES string of the molecule is CCCN1C(=O)/C(=C\c2ccccc2OCc2ccc(Cl)cc2)c2ccccc21. The van der Waals surface area contributed by atoms with E-state index in [9.17, 15) is 4.79 Å². The fourth-order valence-corrected chi connectivity index (χ4v) is 3.65. The van der Waals surface area contributed by atoms with Crippen molar-refractivity contribution < 1.29 is 9.53 Å². The largest absolute Gasteiger partial charge is 0.488 e. The molecule has 0 spiro atoms. The maximum atomic E-state index is 13.1. The molecule has 1 heterocycles. The molecule has 0 N–H and O–H groups in total. The van der Waals surface area contributed by atoms with E-state index in [-0.39, 0.29) is 5.91 Å². The summed E-state index contributed by atoms with van der Waals surface area (Å²) in [6.45, 7) is 3.23. The zero-order valence-corrected chi connectivity index (χ0v) is 17.0.